The highest BCUT2D eigenvalue weighted by Crippen LogP contribution is 2.46. The van der Waals surface area contributed by atoms with Gasteiger partial charge >= 0.3 is 6.18 Å². The van der Waals surface area contributed by atoms with Crippen LogP contribution in [0.1, 0.15) is 70.1 Å². The van der Waals surface area contributed by atoms with Gasteiger partial charge in [0.25, 0.3) is 12.3 Å². The number of nitrogens with one attached hydrogen (secondary N) is 1. The van der Waals surface area contributed by atoms with Crippen molar-refractivity contribution in [3.63, 3.8) is 0 Å². The average Bonchev–Trinajstić information content (AvgIpc) is 3.24. The molecule has 188 valence electrons. The van der Waals surface area contributed by atoms with Gasteiger partial charge in [-0.1, -0.05) is 0 Å². The average molecular weight is 508 g/mol. The lowest BCUT2D eigenvalue weighted by Crippen LogP contribution is -2.41. The Labute approximate surface area is 198 Å². The van der Waals surface area contributed by atoms with Gasteiger partial charge in [0.05, 0.1) is 28.8 Å². The molecule has 5 heterocycles. The lowest BCUT2D eigenvalue weighted by atomic mass is 9.99. The highest BCUT2D eigenvalue weighted by Gasteiger charge is 2.49. The molecule has 2 N–H and O–H groups in total. The van der Waals surface area contributed by atoms with Crippen LogP contribution >= 0.6 is 0 Å². The quantitative estimate of drug-likeness (QED) is 0.406. The van der Waals surface area contributed by atoms with Gasteiger partial charge in [0.15, 0.2) is 5.69 Å². The lowest BCUT2D eigenvalue weighted by Gasteiger charge is -2.33. The number of oxazole rings is 1. The van der Waals surface area contributed by atoms with Crippen molar-refractivity contribution >= 4 is 11.4 Å². The van der Waals surface area contributed by atoms with Gasteiger partial charge in [-0.25, -0.2) is 23.3 Å². The molecule has 9 nitrogen and oxygen atoms in total. The van der Waals surface area contributed by atoms with Gasteiger partial charge in [-0.15, -0.1) is 0 Å². The molecule has 4 aromatic heterocycles. The van der Waals surface area contributed by atoms with Crippen molar-refractivity contribution in [2.75, 3.05) is 6.54 Å². The molecule has 1 aliphatic heterocycles. The molecule has 36 heavy (non-hydrogen) atoms. The van der Waals surface area contributed by atoms with Crippen molar-refractivity contribution in [1.29, 1.82) is 0 Å². The minimum absolute atomic E-state index is 0.0155. The molecule has 0 spiro atoms. The van der Waals surface area contributed by atoms with Gasteiger partial charge < -0.3 is 19.4 Å². The Balaban J connectivity index is 1.47. The summed E-state index contributed by atoms with van der Waals surface area (Å²) in [6.07, 6.45) is -4.29. The van der Waals surface area contributed by atoms with Crippen molar-refractivity contribution in [3.8, 4) is 0 Å². The molecule has 6 rings (SSSR count). The normalized spacial score (nSPS) is 19.2. The molecule has 2 aliphatic rings. The maximum Gasteiger partial charge on any atom is 0.418 e. The second kappa shape index (κ2) is 7.59. The van der Waals surface area contributed by atoms with E-state index < -0.39 is 47.2 Å². The molecule has 0 saturated heterocycles. The molecule has 0 unspecified atom stereocenters. The Morgan fingerprint density at radius 2 is 2.08 bits per heavy atom. The minimum atomic E-state index is -4.65. The molecule has 1 aliphatic carbocycles. The Kier molecular flexibility index (Phi) is 4.78. The van der Waals surface area contributed by atoms with Crippen molar-refractivity contribution < 1.29 is 36.3 Å². The lowest BCUT2D eigenvalue weighted by molar-refractivity contribution is -0.136. The zero-order valence-electron chi connectivity index (χ0n) is 18.3. The molecule has 1 amide bonds. The monoisotopic (exact) mass is 508 g/mol. The van der Waals surface area contributed by atoms with E-state index >= 15 is 0 Å². The standard InChI is InChI=1S/C22H17F5N6O3/c23-18(24)15-17(36-20(30-15)21(35)4-5-21)19(34)32-7-3-11-14(29-9-28-11)16(32)12-8-13-10(22(25,26)27)2-1-6-33(13)31-12/h1-2,6,8-9,16,18,35H,3-5,7H2,(H,28,29)/t16-/m0/s1. The largest absolute Gasteiger partial charge is 0.432 e. The summed E-state index contributed by atoms with van der Waals surface area (Å²) in [6.45, 7) is 0.0155. The van der Waals surface area contributed by atoms with E-state index in [0.717, 1.165) is 10.6 Å². The van der Waals surface area contributed by atoms with Crippen LogP contribution in [0.2, 0.25) is 0 Å². The van der Waals surface area contributed by atoms with Gasteiger partial charge in [-0.05, 0) is 31.0 Å². The summed E-state index contributed by atoms with van der Waals surface area (Å²) in [5.41, 5.74) is -2.53. The summed E-state index contributed by atoms with van der Waals surface area (Å²) in [5, 5.41) is 14.5. The molecule has 14 heteroatoms. The van der Waals surface area contributed by atoms with Crippen LogP contribution < -0.4 is 0 Å². The Morgan fingerprint density at radius 3 is 2.78 bits per heavy atom. The van der Waals surface area contributed by atoms with E-state index in [-0.39, 0.29) is 42.9 Å². The number of pyridine rings is 1. The fraction of sp³-hybridized carbons (Fsp3) is 0.364. The number of aromatic amines is 1. The number of hydrogen-bond donors (Lipinski definition) is 2. The van der Waals surface area contributed by atoms with Crippen LogP contribution in [0.4, 0.5) is 22.0 Å². The van der Waals surface area contributed by atoms with Gasteiger partial charge in [-0.2, -0.15) is 18.3 Å². The molecule has 1 fully saturated rings. The van der Waals surface area contributed by atoms with Gasteiger partial charge in [0.2, 0.25) is 11.7 Å². The third-order valence-electron chi connectivity index (χ3n) is 6.47. The molecule has 0 aromatic carbocycles. The SMILES string of the molecule is O=C(c1oc(C2(O)CC2)nc1C(F)F)N1CCc2[nH]cnc2[C@@H]1c1cc2c(C(F)(F)F)cccn2n1. The summed E-state index contributed by atoms with van der Waals surface area (Å²) in [6, 6.07) is 2.23. The van der Waals surface area contributed by atoms with Crippen LogP contribution in [0, 0.1) is 0 Å². The number of halogens is 5. The summed E-state index contributed by atoms with van der Waals surface area (Å²) in [7, 11) is 0. The minimum Gasteiger partial charge on any atom is -0.432 e. The van der Waals surface area contributed by atoms with Crippen LogP contribution in [0.25, 0.3) is 5.52 Å². The summed E-state index contributed by atoms with van der Waals surface area (Å²) in [5.74, 6) is -2.05. The summed E-state index contributed by atoms with van der Waals surface area (Å²) in [4.78, 5) is 25.6. The van der Waals surface area contributed by atoms with Crippen molar-refractivity contribution in [2.24, 2.45) is 0 Å². The zero-order valence-corrected chi connectivity index (χ0v) is 18.3. The van der Waals surface area contributed by atoms with Crippen LogP contribution in [-0.2, 0) is 18.2 Å². The highest BCUT2D eigenvalue weighted by atomic mass is 19.4. The number of H-pyrrole nitrogens is 1. The topological polar surface area (TPSA) is 113 Å². The molecule has 1 saturated carbocycles. The number of aliphatic hydroxyl groups is 1. The van der Waals surface area contributed by atoms with Gasteiger partial charge in [-0.3, -0.25) is 4.79 Å². The first kappa shape index (κ1) is 22.6. The van der Waals surface area contributed by atoms with E-state index in [1.807, 2.05) is 0 Å². The van der Waals surface area contributed by atoms with Gasteiger partial charge in [0, 0.05) is 24.9 Å². The number of carbonyl (C=O) groups excluding carboxylic acids is 1. The number of aromatic nitrogens is 5. The number of carbonyl (C=O) groups is 1. The molecular formula is C22H17F5N6O3. The highest BCUT2D eigenvalue weighted by molar-refractivity contribution is 5.93. The summed E-state index contributed by atoms with van der Waals surface area (Å²) < 4.78 is 74.7. The molecule has 0 radical (unpaired) electrons. The number of alkyl halides is 5. The number of nitrogens with zero attached hydrogens (tertiary/aromatic N) is 5. The Bertz CT molecular complexity index is 1480. The predicted octanol–water partition coefficient (Wildman–Crippen LogP) is 3.77. The molecule has 4 aromatic rings. The van der Waals surface area contributed by atoms with E-state index in [1.54, 1.807) is 0 Å². The van der Waals surface area contributed by atoms with E-state index in [0.29, 0.717) is 11.4 Å². The first-order chi connectivity index (χ1) is 17.1. The number of amides is 1. The van der Waals surface area contributed by atoms with Crippen LogP contribution in [-0.4, -0.2) is 47.0 Å². The number of rotatable bonds is 4. The van der Waals surface area contributed by atoms with Crippen LogP contribution in [0.3, 0.4) is 0 Å². The fourth-order valence-electron chi connectivity index (χ4n) is 4.50. The van der Waals surface area contributed by atoms with Crippen LogP contribution in [0.5, 0.6) is 0 Å². The second-order valence-corrected chi connectivity index (χ2v) is 8.80. The maximum atomic E-state index is 13.8. The zero-order chi connectivity index (χ0) is 25.4. The number of imidazole rings is 1. The van der Waals surface area contributed by atoms with E-state index in [9.17, 15) is 31.9 Å². The molecular weight excluding hydrogens is 491 g/mol. The molecule has 1 atom stereocenters. The van der Waals surface area contributed by atoms with Crippen molar-refractivity contribution in [1.82, 2.24) is 29.5 Å². The Morgan fingerprint density at radius 1 is 1.31 bits per heavy atom. The first-order valence-electron chi connectivity index (χ1n) is 11.0. The van der Waals surface area contributed by atoms with E-state index in [1.165, 1.54) is 29.6 Å². The van der Waals surface area contributed by atoms with Gasteiger partial charge in [0.1, 0.15) is 11.6 Å². The van der Waals surface area contributed by atoms with E-state index in [4.69, 9.17) is 4.42 Å². The number of fused-ring (bicyclic) bond motifs is 2. The predicted molar refractivity (Wildman–Crippen MR) is 110 cm³/mol. The summed E-state index contributed by atoms with van der Waals surface area (Å²) >= 11 is 0. The fourth-order valence-corrected chi connectivity index (χ4v) is 4.50. The third kappa shape index (κ3) is 3.46. The molecule has 0 bridgehead atoms. The first-order valence-corrected chi connectivity index (χ1v) is 11.0. The van der Waals surface area contributed by atoms with E-state index in [2.05, 4.69) is 20.1 Å². The smallest absolute Gasteiger partial charge is 0.418 e. The Hall–Kier alpha value is -3.81. The number of hydrogen-bond acceptors (Lipinski definition) is 6. The third-order valence-corrected chi connectivity index (χ3v) is 6.47. The maximum absolute atomic E-state index is 13.8. The van der Waals surface area contributed by atoms with Crippen molar-refractivity contribution in [2.45, 2.75) is 43.5 Å². The van der Waals surface area contributed by atoms with Crippen molar-refractivity contribution in [3.05, 3.63) is 70.7 Å². The van der Waals surface area contributed by atoms with Crippen LogP contribution in [0.15, 0.2) is 35.1 Å². The second-order valence-electron chi connectivity index (χ2n) is 8.80.